The maximum atomic E-state index is 11.5. The van der Waals surface area contributed by atoms with E-state index in [9.17, 15) is 5.11 Å². The summed E-state index contributed by atoms with van der Waals surface area (Å²) in [5.41, 5.74) is -1.70. The number of likely N-dealkylation sites (N-methyl/N-ethyl adjacent to an activating group) is 1. The van der Waals surface area contributed by atoms with Crippen molar-refractivity contribution in [1.82, 2.24) is 0 Å². The molecule has 2 aromatic heterocycles. The Bertz CT molecular complexity index is 751. The molecule has 1 atom stereocenters. The van der Waals surface area contributed by atoms with Gasteiger partial charge in [0.05, 0.1) is 29.9 Å². The van der Waals surface area contributed by atoms with E-state index >= 15 is 0 Å². The van der Waals surface area contributed by atoms with Gasteiger partial charge in [-0.1, -0.05) is 24.0 Å². The molecular formula is C20H24INO2S2. The summed E-state index contributed by atoms with van der Waals surface area (Å²) < 4.78 is 7.04. The Labute approximate surface area is 180 Å². The zero-order valence-corrected chi connectivity index (χ0v) is 18.9. The molecule has 0 unspecified atom stereocenters. The first-order valence-corrected chi connectivity index (χ1v) is 10.5. The van der Waals surface area contributed by atoms with E-state index in [-0.39, 0.29) is 24.0 Å². The van der Waals surface area contributed by atoms with Crippen LogP contribution in [0.2, 0.25) is 0 Å². The van der Waals surface area contributed by atoms with Gasteiger partial charge in [-0.2, -0.15) is 0 Å². The average Bonchev–Trinajstić information content (AvgIpc) is 3.33. The first-order valence-electron chi connectivity index (χ1n) is 8.73. The molecule has 2 aromatic rings. The first-order chi connectivity index (χ1) is 12.0. The summed E-state index contributed by atoms with van der Waals surface area (Å²) >= 11 is 3.09. The van der Waals surface area contributed by atoms with Crippen molar-refractivity contribution in [3.8, 4) is 11.8 Å². The topological polar surface area (TPSA) is 29.5 Å². The molecule has 3 aliphatic rings. The average molecular weight is 501 g/mol. The van der Waals surface area contributed by atoms with Gasteiger partial charge in [-0.25, -0.2) is 0 Å². The van der Waals surface area contributed by atoms with Crippen LogP contribution in [-0.2, 0) is 10.3 Å². The molecule has 3 saturated heterocycles. The van der Waals surface area contributed by atoms with Gasteiger partial charge in [-0.05, 0) is 22.9 Å². The highest BCUT2D eigenvalue weighted by Gasteiger charge is 2.53. The van der Waals surface area contributed by atoms with Crippen LogP contribution < -0.4 is 24.0 Å². The molecule has 5 rings (SSSR count). The number of fused-ring (bicyclic) bond motifs is 3. The first kappa shape index (κ1) is 20.3. The van der Waals surface area contributed by atoms with Gasteiger partial charge in [-0.3, -0.25) is 0 Å². The van der Waals surface area contributed by atoms with E-state index in [1.165, 1.54) is 13.1 Å². The monoisotopic (exact) mass is 501 g/mol. The lowest BCUT2D eigenvalue weighted by Crippen LogP contribution is -3.00. The number of ether oxygens (including phenoxy) is 1. The van der Waals surface area contributed by atoms with Crippen molar-refractivity contribution in [1.29, 1.82) is 0 Å². The molecule has 26 heavy (non-hydrogen) atoms. The van der Waals surface area contributed by atoms with E-state index in [1.807, 2.05) is 35.0 Å². The number of piperidine rings is 3. The van der Waals surface area contributed by atoms with Gasteiger partial charge >= 0.3 is 0 Å². The molecule has 3 aliphatic heterocycles. The van der Waals surface area contributed by atoms with E-state index in [1.54, 1.807) is 29.8 Å². The SMILES string of the molecule is CO[C@]1(C#CC(O)(c2cccs2)c2cccs2)C[N+]2(C)CCC1CC2.[I-]. The van der Waals surface area contributed by atoms with Crippen molar-refractivity contribution >= 4 is 22.7 Å². The molecule has 0 aliphatic carbocycles. The Kier molecular flexibility index (Phi) is 5.88. The van der Waals surface area contributed by atoms with Gasteiger partial charge in [0.2, 0.25) is 0 Å². The number of methoxy groups -OCH3 is 1. The summed E-state index contributed by atoms with van der Waals surface area (Å²) in [5, 5.41) is 15.5. The molecule has 5 heterocycles. The minimum atomic E-state index is -1.25. The number of halogens is 1. The lowest BCUT2D eigenvalue weighted by Gasteiger charge is -2.54. The molecular weight excluding hydrogens is 477 g/mol. The highest BCUT2D eigenvalue weighted by atomic mass is 127. The minimum absolute atomic E-state index is 0. The highest BCUT2D eigenvalue weighted by molar-refractivity contribution is 7.11. The molecule has 0 saturated carbocycles. The largest absolute Gasteiger partial charge is 1.00 e. The molecule has 3 nitrogen and oxygen atoms in total. The molecule has 6 heteroatoms. The Morgan fingerprint density at radius 3 is 2.19 bits per heavy atom. The predicted octanol–water partition coefficient (Wildman–Crippen LogP) is 0.308. The molecule has 0 amide bonds. The van der Waals surface area contributed by atoms with E-state index in [0.29, 0.717) is 5.92 Å². The van der Waals surface area contributed by atoms with Crippen molar-refractivity contribution in [2.45, 2.75) is 24.0 Å². The van der Waals surface area contributed by atoms with Gasteiger partial charge < -0.3 is 38.3 Å². The number of hydrogen-bond acceptors (Lipinski definition) is 4. The standard InChI is InChI=1S/C20H24NO2S2.HI/c1-21-11-7-16(8-12-21)19(15-21,23-2)9-10-20(22,17-5-3-13-24-17)18-6-4-14-25-18;/h3-6,13-14,16,22H,7-8,11-12,15H2,1-2H3;1H/q+1;/p-1/t16?,19-,21?;/m1./s1. The van der Waals surface area contributed by atoms with Crippen LogP contribution in [0.15, 0.2) is 35.0 Å². The molecule has 0 aromatic carbocycles. The summed E-state index contributed by atoms with van der Waals surface area (Å²) in [7, 11) is 4.08. The third kappa shape index (κ3) is 3.38. The van der Waals surface area contributed by atoms with Gasteiger partial charge in [0, 0.05) is 25.9 Å². The Morgan fingerprint density at radius 2 is 1.77 bits per heavy atom. The molecule has 0 radical (unpaired) electrons. The van der Waals surface area contributed by atoms with Crippen LogP contribution in [0.4, 0.5) is 0 Å². The molecule has 3 fully saturated rings. The Balaban J connectivity index is 0.00000196. The quantitative estimate of drug-likeness (QED) is 0.373. The highest BCUT2D eigenvalue weighted by Crippen LogP contribution is 2.42. The maximum absolute atomic E-state index is 11.5. The Morgan fingerprint density at radius 1 is 1.19 bits per heavy atom. The summed E-state index contributed by atoms with van der Waals surface area (Å²) in [6.45, 7) is 3.32. The summed E-state index contributed by atoms with van der Waals surface area (Å²) in [4.78, 5) is 1.74. The number of aliphatic hydroxyl groups is 1. The van der Waals surface area contributed by atoms with Gasteiger partial charge in [0.1, 0.15) is 6.54 Å². The third-order valence-corrected chi connectivity index (χ3v) is 7.84. The van der Waals surface area contributed by atoms with Crippen molar-refractivity contribution in [3.63, 3.8) is 0 Å². The smallest absolute Gasteiger partial charge is 0.195 e. The molecule has 2 bridgehead atoms. The van der Waals surface area contributed by atoms with Crippen molar-refractivity contribution in [2.24, 2.45) is 5.92 Å². The lowest BCUT2D eigenvalue weighted by molar-refractivity contribution is -0.931. The van der Waals surface area contributed by atoms with E-state index in [4.69, 9.17) is 4.74 Å². The van der Waals surface area contributed by atoms with Gasteiger partial charge in [0.25, 0.3) is 0 Å². The minimum Gasteiger partial charge on any atom is -1.00 e. The van der Waals surface area contributed by atoms with Crippen LogP contribution in [0.1, 0.15) is 22.6 Å². The zero-order valence-electron chi connectivity index (χ0n) is 15.1. The number of quaternary nitrogens is 1. The van der Waals surface area contributed by atoms with Crippen molar-refractivity contribution in [3.05, 3.63) is 44.8 Å². The molecule has 140 valence electrons. The van der Waals surface area contributed by atoms with E-state index in [0.717, 1.165) is 33.6 Å². The second-order valence-corrected chi connectivity index (χ2v) is 9.40. The molecule has 1 N–H and O–H groups in total. The van der Waals surface area contributed by atoms with Gasteiger partial charge in [0.15, 0.2) is 11.2 Å². The van der Waals surface area contributed by atoms with E-state index < -0.39 is 11.2 Å². The van der Waals surface area contributed by atoms with Crippen LogP contribution >= 0.6 is 22.7 Å². The predicted molar refractivity (Wildman–Crippen MR) is 103 cm³/mol. The van der Waals surface area contributed by atoms with E-state index in [2.05, 4.69) is 18.9 Å². The lowest BCUT2D eigenvalue weighted by atomic mass is 9.73. The number of thiophene rings is 2. The zero-order chi connectivity index (χ0) is 17.5. The Hall–Kier alpha value is -0.430. The summed E-state index contributed by atoms with van der Waals surface area (Å²) in [6, 6.07) is 7.85. The van der Waals surface area contributed by atoms with Crippen LogP contribution in [0.5, 0.6) is 0 Å². The third-order valence-electron chi connectivity index (χ3n) is 5.89. The van der Waals surface area contributed by atoms with Crippen LogP contribution in [0.3, 0.4) is 0 Å². The number of nitrogens with zero attached hydrogens (tertiary/aromatic N) is 1. The molecule has 0 spiro atoms. The number of rotatable bonds is 3. The maximum Gasteiger partial charge on any atom is 0.195 e. The fourth-order valence-electron chi connectivity index (χ4n) is 4.35. The summed E-state index contributed by atoms with van der Waals surface area (Å²) in [6.07, 6.45) is 2.30. The number of hydrogen-bond donors (Lipinski definition) is 1. The van der Waals surface area contributed by atoms with Crippen LogP contribution in [0.25, 0.3) is 0 Å². The second-order valence-electron chi connectivity index (χ2n) is 7.51. The second kappa shape index (κ2) is 7.53. The fourth-order valence-corrected chi connectivity index (χ4v) is 5.99. The normalized spacial score (nSPS) is 30.3. The van der Waals surface area contributed by atoms with Crippen LogP contribution in [-0.4, -0.2) is 49.0 Å². The van der Waals surface area contributed by atoms with Gasteiger partial charge in [-0.15, -0.1) is 22.7 Å². The van der Waals surface area contributed by atoms with Crippen LogP contribution in [0, 0.1) is 17.8 Å². The van der Waals surface area contributed by atoms with Crippen molar-refractivity contribution in [2.75, 3.05) is 33.8 Å². The fraction of sp³-hybridized carbons (Fsp3) is 0.500. The summed E-state index contributed by atoms with van der Waals surface area (Å²) in [5.74, 6) is 7.15. The van der Waals surface area contributed by atoms with Crippen molar-refractivity contribution < 1.29 is 38.3 Å².